The molecular formula is C4H2N4O6. The minimum atomic E-state index is -1.17. The highest BCUT2D eigenvalue weighted by atomic mass is 16.6. The van der Waals surface area contributed by atoms with E-state index in [1.165, 1.54) is 0 Å². The molecule has 0 radical (unpaired) electrons. The first kappa shape index (κ1) is 9.57. The monoisotopic (exact) mass is 202 g/mol. The molecule has 1 N–H and O–H groups in total. The molecule has 0 unspecified atom stereocenters. The number of rotatable bonds is 3. The Morgan fingerprint density at radius 1 is 1.00 bits per heavy atom. The van der Waals surface area contributed by atoms with Gasteiger partial charge in [-0.1, -0.05) is 0 Å². The summed E-state index contributed by atoms with van der Waals surface area (Å²) in [6, 6.07) is 0. The summed E-state index contributed by atoms with van der Waals surface area (Å²) >= 11 is 0. The number of hydrogen-bond acceptors (Lipinski definition) is 6. The Hall–Kier alpha value is -2.52. The minimum absolute atomic E-state index is 0.607. The van der Waals surface area contributed by atoms with Gasteiger partial charge in [0.1, 0.15) is 0 Å². The van der Waals surface area contributed by atoms with Gasteiger partial charge in [-0.05, 0) is 4.92 Å². The molecule has 0 bridgehead atoms. The van der Waals surface area contributed by atoms with Crippen LogP contribution >= 0.6 is 0 Å². The third kappa shape index (κ3) is 1.35. The second-order valence-electron chi connectivity index (χ2n) is 2.14. The maximum Gasteiger partial charge on any atom is 0.441 e. The van der Waals surface area contributed by atoms with E-state index in [1.54, 1.807) is 0 Å². The highest BCUT2D eigenvalue weighted by Gasteiger charge is 2.38. The average Bonchev–Trinajstić information content (AvgIpc) is 2.46. The molecule has 1 aromatic rings. The summed E-state index contributed by atoms with van der Waals surface area (Å²) in [5, 5.41) is 30.7. The zero-order valence-corrected chi connectivity index (χ0v) is 6.37. The van der Waals surface area contributed by atoms with Gasteiger partial charge in [0, 0.05) is 0 Å². The molecule has 1 rings (SSSR count). The van der Waals surface area contributed by atoms with Crippen LogP contribution in [0.3, 0.4) is 0 Å². The van der Waals surface area contributed by atoms with Crippen molar-refractivity contribution in [2.24, 2.45) is 0 Å². The summed E-state index contributed by atoms with van der Waals surface area (Å²) in [6.07, 6.45) is 0.607. The summed E-state index contributed by atoms with van der Waals surface area (Å²) in [7, 11) is 0. The maximum atomic E-state index is 10.3. The third-order valence-electron chi connectivity index (χ3n) is 1.37. The van der Waals surface area contributed by atoms with Gasteiger partial charge < -0.3 is 10.1 Å². The molecule has 1 aromatic heterocycles. The summed E-state index contributed by atoms with van der Waals surface area (Å²) in [5.74, 6) is -0.998. The number of nitro groups is 3. The van der Waals surface area contributed by atoms with E-state index in [9.17, 15) is 30.3 Å². The van der Waals surface area contributed by atoms with Gasteiger partial charge in [0.25, 0.3) is 0 Å². The molecule has 74 valence electrons. The van der Waals surface area contributed by atoms with Crippen LogP contribution in [0.25, 0.3) is 0 Å². The van der Waals surface area contributed by atoms with Crippen molar-refractivity contribution in [3.63, 3.8) is 0 Å². The lowest BCUT2D eigenvalue weighted by atomic mass is 10.4. The molecule has 0 aromatic carbocycles. The van der Waals surface area contributed by atoms with Crippen LogP contribution in [-0.4, -0.2) is 19.8 Å². The highest BCUT2D eigenvalue weighted by molar-refractivity contribution is 5.62. The van der Waals surface area contributed by atoms with Crippen LogP contribution in [0.4, 0.5) is 17.2 Å². The van der Waals surface area contributed by atoms with Gasteiger partial charge in [-0.25, -0.2) is 4.98 Å². The van der Waals surface area contributed by atoms with E-state index >= 15 is 0 Å². The Kier molecular flexibility index (Phi) is 2.11. The van der Waals surface area contributed by atoms with E-state index in [-0.39, 0.29) is 0 Å². The summed E-state index contributed by atoms with van der Waals surface area (Å²) in [4.78, 5) is 29.2. The fourth-order valence-corrected chi connectivity index (χ4v) is 0.853. The lowest BCUT2D eigenvalue weighted by Crippen LogP contribution is -1.97. The number of H-pyrrole nitrogens is 1. The van der Waals surface area contributed by atoms with E-state index in [0.717, 1.165) is 0 Å². The first-order chi connectivity index (χ1) is 6.45. The van der Waals surface area contributed by atoms with Crippen molar-refractivity contribution in [3.8, 4) is 0 Å². The molecule has 0 fully saturated rings. The Morgan fingerprint density at radius 3 is 1.93 bits per heavy atom. The Bertz CT molecular complexity index is 390. The normalized spacial score (nSPS) is 9.71. The van der Waals surface area contributed by atoms with Crippen molar-refractivity contribution in [2.45, 2.75) is 0 Å². The second-order valence-corrected chi connectivity index (χ2v) is 2.14. The van der Waals surface area contributed by atoms with Crippen molar-refractivity contribution in [2.75, 3.05) is 0 Å². The maximum absolute atomic E-state index is 10.3. The smallest absolute Gasteiger partial charge is 0.358 e. The first-order valence-corrected chi connectivity index (χ1v) is 3.09. The van der Waals surface area contributed by atoms with E-state index in [4.69, 9.17) is 0 Å². The summed E-state index contributed by atoms with van der Waals surface area (Å²) < 4.78 is 0. The van der Waals surface area contributed by atoms with Gasteiger partial charge in [0.05, 0.1) is 9.85 Å². The molecule has 0 aliphatic rings. The van der Waals surface area contributed by atoms with Gasteiger partial charge in [-0.3, -0.25) is 20.2 Å². The van der Waals surface area contributed by atoms with E-state index in [2.05, 4.69) is 0 Å². The van der Waals surface area contributed by atoms with Crippen LogP contribution in [0.1, 0.15) is 0 Å². The number of aromatic amines is 1. The van der Waals surface area contributed by atoms with Crippen LogP contribution < -0.4 is 0 Å². The quantitative estimate of drug-likeness (QED) is 0.564. The highest BCUT2D eigenvalue weighted by Crippen LogP contribution is 2.35. The number of aromatic nitrogens is 1. The molecule has 0 amide bonds. The van der Waals surface area contributed by atoms with Gasteiger partial charge in [0.15, 0.2) is 6.20 Å². The van der Waals surface area contributed by atoms with Crippen LogP contribution in [0.2, 0.25) is 0 Å². The van der Waals surface area contributed by atoms with Gasteiger partial charge >= 0.3 is 17.2 Å². The topological polar surface area (TPSA) is 145 Å². The Morgan fingerprint density at radius 2 is 1.57 bits per heavy atom. The van der Waals surface area contributed by atoms with Gasteiger partial charge in [-0.15, -0.1) is 0 Å². The van der Waals surface area contributed by atoms with E-state index < -0.39 is 32.0 Å². The lowest BCUT2D eigenvalue weighted by Gasteiger charge is -1.89. The summed E-state index contributed by atoms with van der Waals surface area (Å²) in [5.41, 5.74) is -2.07. The summed E-state index contributed by atoms with van der Waals surface area (Å²) in [6.45, 7) is 0. The Balaban J connectivity index is 3.42. The fraction of sp³-hybridized carbons (Fsp3) is 0. The van der Waals surface area contributed by atoms with Crippen molar-refractivity contribution in [1.29, 1.82) is 0 Å². The molecule has 0 aliphatic heterocycles. The number of hydrogen-bond donors (Lipinski definition) is 1. The molecule has 0 saturated carbocycles. The van der Waals surface area contributed by atoms with Gasteiger partial charge in [-0.2, -0.15) is 0 Å². The fourth-order valence-electron chi connectivity index (χ4n) is 0.853. The molecule has 14 heavy (non-hydrogen) atoms. The minimum Gasteiger partial charge on any atom is -0.358 e. The van der Waals surface area contributed by atoms with Crippen molar-refractivity contribution < 1.29 is 14.8 Å². The number of nitrogens with one attached hydrogen (secondary N) is 1. The van der Waals surface area contributed by atoms with Crippen molar-refractivity contribution in [3.05, 3.63) is 36.5 Å². The van der Waals surface area contributed by atoms with Crippen LogP contribution in [0, 0.1) is 30.3 Å². The average molecular weight is 202 g/mol. The van der Waals surface area contributed by atoms with Crippen LogP contribution in [0.15, 0.2) is 6.20 Å². The molecule has 0 atom stereocenters. The predicted molar refractivity (Wildman–Crippen MR) is 40.8 cm³/mol. The van der Waals surface area contributed by atoms with Crippen molar-refractivity contribution in [1.82, 2.24) is 4.98 Å². The largest absolute Gasteiger partial charge is 0.441 e. The first-order valence-electron chi connectivity index (χ1n) is 3.09. The molecule has 10 heteroatoms. The second kappa shape index (κ2) is 3.08. The van der Waals surface area contributed by atoms with Gasteiger partial charge in [0.2, 0.25) is 0 Å². The Labute approximate surface area is 74.6 Å². The van der Waals surface area contributed by atoms with E-state index in [0.29, 0.717) is 6.20 Å². The van der Waals surface area contributed by atoms with Crippen molar-refractivity contribution >= 4 is 17.2 Å². The predicted octanol–water partition coefficient (Wildman–Crippen LogP) is 0.739. The zero-order chi connectivity index (χ0) is 10.9. The van der Waals surface area contributed by atoms with Crippen LogP contribution in [0.5, 0.6) is 0 Å². The molecule has 0 aliphatic carbocycles. The molecule has 10 nitrogen and oxygen atoms in total. The third-order valence-corrected chi connectivity index (χ3v) is 1.37. The van der Waals surface area contributed by atoms with E-state index in [1.807, 2.05) is 4.98 Å². The molecule has 1 heterocycles. The zero-order valence-electron chi connectivity index (χ0n) is 6.37. The molecule has 0 spiro atoms. The molecular weight excluding hydrogens is 200 g/mol. The number of nitrogens with zero attached hydrogens (tertiary/aromatic N) is 3. The standard InChI is InChI=1S/C4H2N4O6/c9-6(10)2-1-5-4(8(13)14)3(2)7(11)12/h1,5H. The van der Waals surface area contributed by atoms with Crippen LogP contribution in [-0.2, 0) is 0 Å². The molecule has 0 saturated heterocycles. The lowest BCUT2D eigenvalue weighted by molar-refractivity contribution is -0.440. The SMILES string of the molecule is O=[N+]([O-])c1c[nH]c([N+](=O)[O-])c1[N+](=O)[O-].